The molecule has 2 aromatic heterocycles. The topological polar surface area (TPSA) is 72.7 Å². The van der Waals surface area contributed by atoms with Crippen molar-refractivity contribution in [1.82, 2.24) is 24.8 Å². The van der Waals surface area contributed by atoms with Crippen LogP contribution in [0.25, 0.3) is 22.2 Å². The van der Waals surface area contributed by atoms with E-state index in [2.05, 4.69) is 20.3 Å². The lowest BCUT2D eigenvalue weighted by Crippen LogP contribution is -2.07. The average Bonchev–Trinajstić information content (AvgIpc) is 3.35. The first-order valence-corrected chi connectivity index (χ1v) is 9.25. The maximum absolute atomic E-state index is 12.7. The molecule has 28 heavy (non-hydrogen) atoms. The molecule has 6 heteroatoms. The van der Waals surface area contributed by atoms with Crippen molar-refractivity contribution in [3.8, 4) is 11.3 Å². The number of ketones is 1. The van der Waals surface area contributed by atoms with E-state index in [0.29, 0.717) is 5.82 Å². The maximum atomic E-state index is 12.7. The van der Waals surface area contributed by atoms with E-state index in [4.69, 9.17) is 0 Å². The Labute approximate surface area is 162 Å². The number of benzene rings is 2. The van der Waals surface area contributed by atoms with Crippen LogP contribution in [0, 0.1) is 0 Å². The first-order chi connectivity index (χ1) is 13.7. The predicted molar refractivity (Wildman–Crippen MR) is 107 cm³/mol. The van der Waals surface area contributed by atoms with Gasteiger partial charge in [-0.1, -0.05) is 24.3 Å². The molecule has 0 fully saturated rings. The molecular weight excluding hydrogens is 350 g/mol. The van der Waals surface area contributed by atoms with E-state index in [1.807, 2.05) is 54.2 Å². The van der Waals surface area contributed by atoms with Gasteiger partial charge in [-0.2, -0.15) is 0 Å². The van der Waals surface area contributed by atoms with Crippen molar-refractivity contribution >= 4 is 16.7 Å². The van der Waals surface area contributed by atoms with E-state index in [1.54, 1.807) is 12.5 Å². The highest BCUT2D eigenvalue weighted by atomic mass is 16.1. The van der Waals surface area contributed by atoms with Gasteiger partial charge < -0.3 is 9.88 Å². The van der Waals surface area contributed by atoms with Crippen molar-refractivity contribution in [2.75, 3.05) is 0 Å². The van der Waals surface area contributed by atoms with Gasteiger partial charge in [0.1, 0.15) is 5.82 Å². The fourth-order valence-electron chi connectivity index (χ4n) is 3.66. The molecule has 5 rings (SSSR count). The smallest absolute Gasteiger partial charge is 0.170 e. The van der Waals surface area contributed by atoms with Gasteiger partial charge in [0.05, 0.1) is 30.2 Å². The molecule has 1 aliphatic heterocycles. The number of hydrogen-bond acceptors (Lipinski definition) is 5. The third-order valence-electron chi connectivity index (χ3n) is 5.22. The summed E-state index contributed by atoms with van der Waals surface area (Å²) >= 11 is 0. The number of aryl methyl sites for hydroxylation is 1. The van der Waals surface area contributed by atoms with Gasteiger partial charge in [0.25, 0.3) is 0 Å². The maximum Gasteiger partial charge on any atom is 0.170 e. The summed E-state index contributed by atoms with van der Waals surface area (Å²) in [7, 11) is 1.96. The number of imidazole rings is 1. The van der Waals surface area contributed by atoms with Crippen molar-refractivity contribution < 1.29 is 4.79 Å². The second-order valence-electron chi connectivity index (χ2n) is 7.14. The summed E-state index contributed by atoms with van der Waals surface area (Å²) in [5.74, 6) is 0.579. The van der Waals surface area contributed by atoms with Crippen LogP contribution in [0.5, 0.6) is 0 Å². The fraction of sp³-hybridized carbons (Fsp3) is 0.182. The fourth-order valence-corrected chi connectivity index (χ4v) is 3.66. The summed E-state index contributed by atoms with van der Waals surface area (Å²) in [4.78, 5) is 25.9. The van der Waals surface area contributed by atoms with Gasteiger partial charge in [0, 0.05) is 42.8 Å². The number of hydrogen-bond donors (Lipinski definition) is 1. The van der Waals surface area contributed by atoms with E-state index in [9.17, 15) is 4.79 Å². The predicted octanol–water partition coefficient (Wildman–Crippen LogP) is 3.06. The Morgan fingerprint density at radius 2 is 2.00 bits per heavy atom. The van der Waals surface area contributed by atoms with Gasteiger partial charge in [-0.05, 0) is 23.3 Å². The number of rotatable bonds is 4. The Morgan fingerprint density at radius 1 is 1.11 bits per heavy atom. The van der Waals surface area contributed by atoms with Gasteiger partial charge in [-0.15, -0.1) is 0 Å². The zero-order valence-corrected chi connectivity index (χ0v) is 15.5. The normalized spacial score (nSPS) is 13.0. The number of nitrogens with zero attached hydrogens (tertiary/aromatic N) is 4. The van der Waals surface area contributed by atoms with E-state index in [0.717, 1.165) is 40.8 Å². The quantitative estimate of drug-likeness (QED) is 0.560. The van der Waals surface area contributed by atoms with Gasteiger partial charge in [-0.25, -0.2) is 15.0 Å². The van der Waals surface area contributed by atoms with Crippen LogP contribution < -0.4 is 5.32 Å². The van der Waals surface area contributed by atoms with Crippen molar-refractivity contribution in [3.63, 3.8) is 0 Å². The van der Waals surface area contributed by atoms with Crippen LogP contribution in [0.15, 0.2) is 55.1 Å². The molecule has 3 heterocycles. The van der Waals surface area contributed by atoms with Gasteiger partial charge in [0.2, 0.25) is 0 Å². The zero-order valence-electron chi connectivity index (χ0n) is 15.5. The minimum Gasteiger partial charge on any atom is -0.334 e. The Morgan fingerprint density at radius 3 is 2.86 bits per heavy atom. The first-order valence-electron chi connectivity index (χ1n) is 9.25. The molecular formula is C22H19N5O. The summed E-state index contributed by atoms with van der Waals surface area (Å²) in [6.45, 7) is 1.69. The number of fused-ring (bicyclic) bond motifs is 2. The Hall–Kier alpha value is -3.38. The summed E-state index contributed by atoms with van der Waals surface area (Å²) in [6, 6.07) is 12.0. The van der Waals surface area contributed by atoms with E-state index in [1.165, 1.54) is 11.1 Å². The first kappa shape index (κ1) is 16.8. The van der Waals surface area contributed by atoms with Crippen LogP contribution >= 0.6 is 0 Å². The molecule has 0 atom stereocenters. The molecule has 0 unspecified atom stereocenters. The lowest BCUT2D eigenvalue weighted by molar-refractivity contribution is 0.0991. The lowest BCUT2D eigenvalue weighted by Gasteiger charge is -2.06. The Balaban J connectivity index is 1.44. The molecule has 0 radical (unpaired) electrons. The monoisotopic (exact) mass is 369 g/mol. The SMILES string of the molecule is Cn1cncc1-c1ccc2cnc(CC(=O)c3ccc4c(c3)CNC4)nc2c1. The van der Waals surface area contributed by atoms with Gasteiger partial charge in [0.15, 0.2) is 5.78 Å². The number of Topliss-reactive ketones (excluding diaryl/α,β-unsaturated/α-hetero) is 1. The van der Waals surface area contributed by atoms with Crippen LogP contribution in [0.4, 0.5) is 0 Å². The molecule has 2 aromatic carbocycles. The van der Waals surface area contributed by atoms with Crippen molar-refractivity contribution in [3.05, 3.63) is 77.6 Å². The molecule has 0 saturated carbocycles. The van der Waals surface area contributed by atoms with E-state index in [-0.39, 0.29) is 12.2 Å². The van der Waals surface area contributed by atoms with Gasteiger partial charge in [-0.3, -0.25) is 4.79 Å². The minimum atomic E-state index is 0.0387. The standard InChI is InChI=1S/C22H19N5O/c1-27-13-24-12-20(27)14-2-5-17-11-25-22(26-19(17)7-14)8-21(28)15-3-4-16-9-23-10-18(16)6-15/h2-7,11-13,23H,8-10H2,1H3. The van der Waals surface area contributed by atoms with E-state index >= 15 is 0 Å². The summed E-state index contributed by atoms with van der Waals surface area (Å²) in [5, 5.41) is 4.25. The number of aromatic nitrogens is 4. The van der Waals surface area contributed by atoms with E-state index < -0.39 is 0 Å². The van der Waals surface area contributed by atoms with Crippen LogP contribution in [-0.4, -0.2) is 25.3 Å². The highest BCUT2D eigenvalue weighted by molar-refractivity contribution is 5.97. The third-order valence-corrected chi connectivity index (χ3v) is 5.22. The molecule has 1 aliphatic rings. The molecule has 0 aliphatic carbocycles. The summed E-state index contributed by atoms with van der Waals surface area (Å²) in [5.41, 5.74) is 6.07. The van der Waals surface area contributed by atoms with Crippen LogP contribution in [-0.2, 0) is 26.6 Å². The van der Waals surface area contributed by atoms with Crippen LogP contribution in [0.3, 0.4) is 0 Å². The Kier molecular flexibility index (Phi) is 3.98. The number of carbonyl (C=O) groups excluding carboxylic acids is 1. The molecule has 0 spiro atoms. The summed E-state index contributed by atoms with van der Waals surface area (Å²) < 4.78 is 1.97. The molecule has 138 valence electrons. The number of nitrogens with one attached hydrogen (secondary N) is 1. The zero-order chi connectivity index (χ0) is 19.1. The average molecular weight is 369 g/mol. The highest BCUT2D eigenvalue weighted by Crippen LogP contribution is 2.23. The second kappa shape index (κ2) is 6.65. The number of carbonyl (C=O) groups is 1. The molecule has 0 bridgehead atoms. The largest absolute Gasteiger partial charge is 0.334 e. The highest BCUT2D eigenvalue weighted by Gasteiger charge is 2.15. The molecule has 1 N–H and O–H groups in total. The molecule has 4 aromatic rings. The second-order valence-corrected chi connectivity index (χ2v) is 7.14. The van der Waals surface area contributed by atoms with Crippen molar-refractivity contribution in [2.45, 2.75) is 19.5 Å². The molecule has 6 nitrogen and oxygen atoms in total. The van der Waals surface area contributed by atoms with Crippen LogP contribution in [0.2, 0.25) is 0 Å². The van der Waals surface area contributed by atoms with Crippen molar-refractivity contribution in [2.24, 2.45) is 7.05 Å². The van der Waals surface area contributed by atoms with Crippen LogP contribution in [0.1, 0.15) is 27.3 Å². The van der Waals surface area contributed by atoms with Gasteiger partial charge >= 0.3 is 0 Å². The molecule has 0 amide bonds. The lowest BCUT2D eigenvalue weighted by atomic mass is 10.0. The van der Waals surface area contributed by atoms with Crippen molar-refractivity contribution in [1.29, 1.82) is 0 Å². The third kappa shape index (κ3) is 2.97. The Bertz CT molecular complexity index is 1210. The summed E-state index contributed by atoms with van der Waals surface area (Å²) in [6.07, 6.45) is 5.58. The molecule has 0 saturated heterocycles. The minimum absolute atomic E-state index is 0.0387.